The summed E-state index contributed by atoms with van der Waals surface area (Å²) in [6, 6.07) is 7.33. The fraction of sp³-hybridized carbons (Fsp3) is 0.333. The minimum Gasteiger partial charge on any atom is -0.480 e. The Morgan fingerprint density at radius 3 is 2.71 bits per heavy atom. The molecular weight excluding hydrogens is 368 g/mol. The van der Waals surface area contributed by atoms with Crippen LogP contribution in [0.3, 0.4) is 0 Å². The first-order chi connectivity index (χ1) is 13.5. The number of carboxylic acid groups (broad SMARTS) is 1. The largest absolute Gasteiger partial charge is 0.480 e. The van der Waals surface area contributed by atoms with E-state index in [-0.39, 0.29) is 13.2 Å². The van der Waals surface area contributed by atoms with Crippen molar-refractivity contribution in [3.63, 3.8) is 0 Å². The summed E-state index contributed by atoms with van der Waals surface area (Å²) in [7, 11) is 1.22. The van der Waals surface area contributed by atoms with Gasteiger partial charge in [0.1, 0.15) is 19.2 Å². The highest BCUT2D eigenvalue weighted by atomic mass is 16.7. The van der Waals surface area contributed by atoms with Gasteiger partial charge < -0.3 is 14.7 Å². The van der Waals surface area contributed by atoms with Gasteiger partial charge in [0.25, 0.3) is 0 Å². The molecule has 1 fully saturated rings. The van der Waals surface area contributed by atoms with E-state index in [1.165, 1.54) is 28.0 Å². The number of rotatable bonds is 6. The number of hydrogen-bond donors (Lipinski definition) is 1. The van der Waals surface area contributed by atoms with Gasteiger partial charge >= 0.3 is 18.0 Å². The van der Waals surface area contributed by atoms with Crippen LogP contribution in [0.4, 0.5) is 4.79 Å². The molecule has 2 atom stereocenters. The van der Waals surface area contributed by atoms with E-state index in [4.69, 9.17) is 14.7 Å². The van der Waals surface area contributed by atoms with Crippen LogP contribution in [0, 0.1) is 0 Å². The fourth-order valence-corrected chi connectivity index (χ4v) is 3.62. The van der Waals surface area contributed by atoms with Crippen LogP contribution >= 0.6 is 0 Å². The average Bonchev–Trinajstić information content (AvgIpc) is 3.21. The van der Waals surface area contributed by atoms with Gasteiger partial charge in [0.05, 0.1) is 25.5 Å². The van der Waals surface area contributed by atoms with Crippen molar-refractivity contribution in [2.75, 3.05) is 13.7 Å². The van der Waals surface area contributed by atoms with Crippen molar-refractivity contribution in [1.29, 1.82) is 0 Å². The van der Waals surface area contributed by atoms with Crippen LogP contribution in [0.2, 0.25) is 0 Å². The Bertz CT molecular complexity index is 927. The number of aromatic nitrogens is 2. The van der Waals surface area contributed by atoms with Crippen LogP contribution in [-0.2, 0) is 32.3 Å². The number of amides is 2. The van der Waals surface area contributed by atoms with Gasteiger partial charge in [-0.1, -0.05) is 30.3 Å². The second kappa shape index (κ2) is 6.97. The number of esters is 1. The molecule has 2 unspecified atom stereocenters. The number of carbonyl (C=O) groups is 3. The van der Waals surface area contributed by atoms with Gasteiger partial charge in [0, 0.05) is 5.56 Å². The first-order valence-corrected chi connectivity index (χ1v) is 8.63. The predicted molar refractivity (Wildman–Crippen MR) is 92.5 cm³/mol. The zero-order valence-electron chi connectivity index (χ0n) is 15.0. The summed E-state index contributed by atoms with van der Waals surface area (Å²) in [5.41, 5.74) is 1.80. The highest BCUT2D eigenvalue weighted by Crippen LogP contribution is 2.44. The number of methoxy groups -OCH3 is 1. The molecule has 2 bridgehead atoms. The van der Waals surface area contributed by atoms with E-state index in [9.17, 15) is 14.4 Å². The van der Waals surface area contributed by atoms with Crippen molar-refractivity contribution < 1.29 is 29.1 Å². The zero-order chi connectivity index (χ0) is 19.8. The second-order valence-corrected chi connectivity index (χ2v) is 6.50. The van der Waals surface area contributed by atoms with E-state index in [0.717, 1.165) is 5.56 Å². The molecular formula is C18H18N4O6. The normalized spacial score (nSPS) is 20.2. The maximum atomic E-state index is 12.9. The van der Waals surface area contributed by atoms with Crippen molar-refractivity contribution in [3.8, 4) is 0 Å². The molecule has 2 aliphatic rings. The number of hydrogen-bond acceptors (Lipinski definition) is 6. The molecule has 28 heavy (non-hydrogen) atoms. The first-order valence-electron chi connectivity index (χ1n) is 8.63. The molecule has 10 nitrogen and oxygen atoms in total. The van der Waals surface area contributed by atoms with Gasteiger partial charge in [-0.3, -0.25) is 14.3 Å². The maximum Gasteiger partial charge on any atom is 0.345 e. The molecule has 2 aliphatic heterocycles. The fourth-order valence-electron chi connectivity index (χ4n) is 3.62. The Labute approximate surface area is 159 Å². The summed E-state index contributed by atoms with van der Waals surface area (Å²) in [5.74, 6) is -1.77. The number of nitrogens with zero attached hydrogens (tertiary/aromatic N) is 4. The zero-order valence-corrected chi connectivity index (χ0v) is 15.0. The number of ether oxygens (including phenoxy) is 1. The summed E-state index contributed by atoms with van der Waals surface area (Å²) in [4.78, 5) is 43.6. The number of fused-ring (bicyclic) bond motifs is 4. The molecule has 4 rings (SSSR count). The van der Waals surface area contributed by atoms with E-state index < -0.39 is 36.6 Å². The minimum absolute atomic E-state index is 0.179. The lowest BCUT2D eigenvalue weighted by molar-refractivity contribution is -0.147. The average molecular weight is 386 g/mol. The molecule has 1 aromatic heterocycles. The second-order valence-electron chi connectivity index (χ2n) is 6.50. The molecule has 146 valence electrons. The Hall–Kier alpha value is -3.40. The molecule has 10 heteroatoms. The van der Waals surface area contributed by atoms with Crippen LogP contribution in [0.1, 0.15) is 28.9 Å². The molecule has 2 amide bonds. The Morgan fingerprint density at radius 2 is 2.04 bits per heavy atom. The van der Waals surface area contributed by atoms with Gasteiger partial charge in [0.2, 0.25) is 0 Å². The van der Waals surface area contributed by atoms with E-state index in [1.54, 1.807) is 0 Å². The minimum atomic E-state index is -1.11. The van der Waals surface area contributed by atoms with E-state index in [2.05, 4.69) is 5.10 Å². The monoisotopic (exact) mass is 386 g/mol. The first kappa shape index (κ1) is 18.0. The molecule has 1 N–H and O–H groups in total. The van der Waals surface area contributed by atoms with E-state index >= 15 is 0 Å². The predicted octanol–water partition coefficient (Wildman–Crippen LogP) is 1.11. The molecule has 0 aliphatic carbocycles. The molecule has 0 saturated carbocycles. The number of aliphatic carboxylic acids is 1. The van der Waals surface area contributed by atoms with Crippen molar-refractivity contribution in [3.05, 3.63) is 53.3 Å². The van der Waals surface area contributed by atoms with Crippen molar-refractivity contribution >= 4 is 18.0 Å². The summed E-state index contributed by atoms with van der Waals surface area (Å²) < 4.78 is 6.07. The van der Waals surface area contributed by atoms with Crippen molar-refractivity contribution in [2.24, 2.45) is 0 Å². The van der Waals surface area contributed by atoms with Crippen LogP contribution in [0.25, 0.3) is 0 Å². The standard InChI is InChI=1S/C18H18N4O6/c1-27-17(25)16-15-12(7-19-21(15)9-14(23)24)13-8-20(16)18(26)22(13)28-10-11-5-3-2-4-6-11/h2-7,13,16H,8-10H2,1H3,(H,23,24). The molecule has 3 heterocycles. The number of hydroxylamine groups is 2. The third kappa shape index (κ3) is 2.87. The molecule has 2 aromatic rings. The molecule has 0 radical (unpaired) electrons. The van der Waals surface area contributed by atoms with Crippen LogP contribution in [-0.4, -0.2) is 56.5 Å². The smallest absolute Gasteiger partial charge is 0.345 e. The summed E-state index contributed by atoms with van der Waals surface area (Å²) in [6.07, 6.45) is 1.48. The Balaban J connectivity index is 1.68. The van der Waals surface area contributed by atoms with Crippen LogP contribution < -0.4 is 0 Å². The van der Waals surface area contributed by atoms with Crippen molar-refractivity contribution in [2.45, 2.75) is 25.2 Å². The Kier molecular flexibility index (Phi) is 4.47. The van der Waals surface area contributed by atoms with Gasteiger partial charge in [-0.25, -0.2) is 9.59 Å². The molecule has 1 aromatic carbocycles. The van der Waals surface area contributed by atoms with Crippen molar-refractivity contribution in [1.82, 2.24) is 19.7 Å². The maximum absolute atomic E-state index is 12.9. The lowest BCUT2D eigenvalue weighted by Crippen LogP contribution is -2.40. The van der Waals surface area contributed by atoms with Gasteiger partial charge in [-0.05, 0) is 5.56 Å². The summed E-state index contributed by atoms with van der Waals surface area (Å²) in [5, 5.41) is 14.5. The lowest BCUT2D eigenvalue weighted by atomic mass is 9.98. The SMILES string of the molecule is COC(=O)C1c2c(cnn2CC(=O)O)C2CN1C(=O)N2OCc1ccccc1. The van der Waals surface area contributed by atoms with Gasteiger partial charge in [-0.2, -0.15) is 10.2 Å². The van der Waals surface area contributed by atoms with E-state index in [1.807, 2.05) is 30.3 Å². The van der Waals surface area contributed by atoms with Gasteiger partial charge in [-0.15, -0.1) is 0 Å². The highest BCUT2D eigenvalue weighted by Gasteiger charge is 2.53. The molecule has 0 spiro atoms. The van der Waals surface area contributed by atoms with E-state index in [0.29, 0.717) is 11.3 Å². The lowest BCUT2D eigenvalue weighted by Gasteiger charge is -2.29. The number of benzene rings is 1. The van der Waals surface area contributed by atoms with Crippen LogP contribution in [0.5, 0.6) is 0 Å². The number of carboxylic acids is 1. The quantitative estimate of drug-likeness (QED) is 0.740. The van der Waals surface area contributed by atoms with Crippen LogP contribution in [0.15, 0.2) is 36.5 Å². The number of carbonyl (C=O) groups excluding carboxylic acids is 2. The summed E-state index contributed by atoms with van der Waals surface area (Å²) >= 11 is 0. The Morgan fingerprint density at radius 1 is 1.29 bits per heavy atom. The third-order valence-corrected chi connectivity index (χ3v) is 4.85. The number of urea groups is 1. The topological polar surface area (TPSA) is 114 Å². The molecule has 1 saturated heterocycles. The van der Waals surface area contributed by atoms with Gasteiger partial charge in [0.15, 0.2) is 6.04 Å². The third-order valence-electron chi connectivity index (χ3n) is 4.85. The summed E-state index contributed by atoms with van der Waals surface area (Å²) in [6.45, 7) is -0.0278. The highest BCUT2D eigenvalue weighted by molar-refractivity contribution is 5.87.